The van der Waals surface area contributed by atoms with Gasteiger partial charge in [0.1, 0.15) is 0 Å². The maximum absolute atomic E-state index is 11.6. The van der Waals surface area contributed by atoms with E-state index in [0.29, 0.717) is 0 Å². The summed E-state index contributed by atoms with van der Waals surface area (Å²) < 4.78 is 25.5. The second kappa shape index (κ2) is 5.25. The molecule has 0 aromatic carbocycles. The van der Waals surface area contributed by atoms with Crippen LogP contribution in [0.15, 0.2) is 20.7 Å². The van der Waals surface area contributed by atoms with E-state index in [1.54, 1.807) is 6.92 Å². The van der Waals surface area contributed by atoms with Crippen LogP contribution in [0.5, 0.6) is 0 Å². The van der Waals surface area contributed by atoms with E-state index in [9.17, 15) is 18.0 Å². The van der Waals surface area contributed by atoms with Gasteiger partial charge in [-0.15, -0.1) is 0 Å². The number of hydrogen-bond acceptors (Lipinski definition) is 5. The molecule has 1 atom stereocenters. The third kappa shape index (κ3) is 3.51. The average Bonchev–Trinajstić information content (AvgIpc) is 2.25. The van der Waals surface area contributed by atoms with Crippen LogP contribution in [0.2, 0.25) is 0 Å². The average molecular weight is 263 g/mol. The highest BCUT2D eigenvalue weighted by Gasteiger charge is 2.19. The first-order chi connectivity index (χ1) is 7.86. The number of H-pyrrole nitrogens is 2. The fourth-order valence-corrected chi connectivity index (χ4v) is 2.16. The molecule has 0 aliphatic rings. The molecule has 1 unspecified atom stereocenters. The van der Waals surface area contributed by atoms with Gasteiger partial charge >= 0.3 is 5.69 Å². The Kier molecular flexibility index (Phi) is 4.21. The summed E-state index contributed by atoms with van der Waals surface area (Å²) in [6, 6.07) is 0. The molecule has 0 aliphatic carbocycles. The van der Waals surface area contributed by atoms with E-state index >= 15 is 0 Å². The summed E-state index contributed by atoms with van der Waals surface area (Å²) in [6.45, 7) is 1.46. The van der Waals surface area contributed by atoms with Crippen molar-refractivity contribution in [2.75, 3.05) is 13.2 Å². The lowest BCUT2D eigenvalue weighted by Gasteiger charge is -2.09. The third-order valence-electron chi connectivity index (χ3n) is 2.01. The summed E-state index contributed by atoms with van der Waals surface area (Å²) in [7, 11) is -3.99. The topological polar surface area (TPSA) is 132 Å². The molecule has 0 amide bonds. The van der Waals surface area contributed by atoms with Gasteiger partial charge in [-0.25, -0.2) is 17.9 Å². The van der Waals surface area contributed by atoms with Crippen molar-refractivity contribution in [1.29, 1.82) is 0 Å². The molecule has 0 radical (unpaired) electrons. The van der Waals surface area contributed by atoms with Gasteiger partial charge in [0.05, 0.1) is 0 Å². The molecular formula is C8H13N3O5S. The Bertz CT molecular complexity index is 588. The molecule has 8 nitrogen and oxygen atoms in total. The summed E-state index contributed by atoms with van der Waals surface area (Å²) in [4.78, 5) is 25.3. The molecule has 9 heteroatoms. The quantitative estimate of drug-likeness (QED) is 0.486. The number of nitrogens with one attached hydrogen (secondary N) is 3. The van der Waals surface area contributed by atoms with Crippen molar-refractivity contribution < 1.29 is 13.5 Å². The molecule has 0 saturated carbocycles. The number of aromatic amines is 2. The van der Waals surface area contributed by atoms with E-state index in [1.807, 2.05) is 4.98 Å². The van der Waals surface area contributed by atoms with Crippen molar-refractivity contribution in [3.63, 3.8) is 0 Å². The summed E-state index contributed by atoms with van der Waals surface area (Å²) in [5.74, 6) is -0.272. The minimum absolute atomic E-state index is 0.00258. The van der Waals surface area contributed by atoms with Crippen molar-refractivity contribution in [3.8, 4) is 0 Å². The zero-order valence-corrected chi connectivity index (χ0v) is 9.87. The van der Waals surface area contributed by atoms with Gasteiger partial charge in [0.25, 0.3) is 5.56 Å². The molecule has 0 spiro atoms. The predicted molar refractivity (Wildman–Crippen MR) is 59.1 cm³/mol. The first-order valence-electron chi connectivity index (χ1n) is 4.79. The minimum Gasteiger partial charge on any atom is -0.396 e. The van der Waals surface area contributed by atoms with Gasteiger partial charge in [0.15, 0.2) is 4.90 Å². The van der Waals surface area contributed by atoms with Crippen LogP contribution >= 0.6 is 0 Å². The van der Waals surface area contributed by atoms with Crippen LogP contribution in [-0.4, -0.2) is 36.6 Å². The van der Waals surface area contributed by atoms with Crippen LogP contribution in [0.1, 0.15) is 6.92 Å². The lowest BCUT2D eigenvalue weighted by atomic mass is 10.2. The van der Waals surface area contributed by atoms with Crippen molar-refractivity contribution >= 4 is 10.0 Å². The Morgan fingerprint density at radius 3 is 2.65 bits per heavy atom. The molecule has 1 rings (SSSR count). The monoisotopic (exact) mass is 263 g/mol. The first kappa shape index (κ1) is 13.6. The van der Waals surface area contributed by atoms with Gasteiger partial charge in [-0.2, -0.15) is 0 Å². The van der Waals surface area contributed by atoms with Gasteiger partial charge in [0, 0.05) is 19.3 Å². The number of hydrogen-bond donors (Lipinski definition) is 4. The number of aromatic nitrogens is 2. The van der Waals surface area contributed by atoms with E-state index in [2.05, 4.69) is 9.71 Å². The molecule has 17 heavy (non-hydrogen) atoms. The molecular weight excluding hydrogens is 250 g/mol. The molecule has 1 heterocycles. The molecule has 0 bridgehead atoms. The summed E-state index contributed by atoms with van der Waals surface area (Å²) in [5, 5.41) is 8.74. The van der Waals surface area contributed by atoms with Crippen molar-refractivity contribution in [3.05, 3.63) is 27.0 Å². The van der Waals surface area contributed by atoms with Gasteiger partial charge in [-0.05, 0) is 5.92 Å². The molecule has 0 fully saturated rings. The standard InChI is InChI=1S/C8H13N3O5S/c1-5(4-12)2-10-17(15,16)6-3-9-8(14)11-7(6)13/h3,5,10,12H,2,4H2,1H3,(H2,9,11,13,14). The predicted octanol–water partition coefficient (Wildman–Crippen LogP) is -2.03. The van der Waals surface area contributed by atoms with Gasteiger partial charge in [0.2, 0.25) is 10.0 Å². The summed E-state index contributed by atoms with van der Waals surface area (Å²) >= 11 is 0. The van der Waals surface area contributed by atoms with Gasteiger partial charge < -0.3 is 10.1 Å². The fraction of sp³-hybridized carbons (Fsp3) is 0.500. The van der Waals surface area contributed by atoms with Crippen LogP contribution in [0, 0.1) is 5.92 Å². The Morgan fingerprint density at radius 1 is 1.47 bits per heavy atom. The van der Waals surface area contributed by atoms with Crippen molar-refractivity contribution in [2.24, 2.45) is 5.92 Å². The SMILES string of the molecule is CC(CO)CNS(=O)(=O)c1c[nH]c(=O)[nH]c1=O. The van der Waals surface area contributed by atoms with E-state index in [0.717, 1.165) is 6.20 Å². The van der Waals surface area contributed by atoms with E-state index in [4.69, 9.17) is 5.11 Å². The molecule has 0 aliphatic heterocycles. The van der Waals surface area contributed by atoms with Gasteiger partial charge in [-0.3, -0.25) is 9.78 Å². The van der Waals surface area contributed by atoms with Crippen molar-refractivity contribution in [1.82, 2.24) is 14.7 Å². The van der Waals surface area contributed by atoms with E-state index in [-0.39, 0.29) is 19.1 Å². The van der Waals surface area contributed by atoms with Crippen LogP contribution in [0.25, 0.3) is 0 Å². The molecule has 96 valence electrons. The van der Waals surface area contributed by atoms with Crippen LogP contribution in [0.3, 0.4) is 0 Å². The normalized spacial score (nSPS) is 13.5. The number of sulfonamides is 1. The maximum Gasteiger partial charge on any atom is 0.325 e. The Balaban J connectivity index is 2.98. The zero-order valence-electron chi connectivity index (χ0n) is 9.06. The molecule has 4 N–H and O–H groups in total. The van der Waals surface area contributed by atoms with Crippen molar-refractivity contribution in [2.45, 2.75) is 11.8 Å². The lowest BCUT2D eigenvalue weighted by Crippen LogP contribution is -2.35. The number of aliphatic hydroxyl groups excluding tert-OH is 1. The highest BCUT2D eigenvalue weighted by molar-refractivity contribution is 7.89. The maximum atomic E-state index is 11.6. The molecule has 0 saturated heterocycles. The van der Waals surface area contributed by atoms with Crippen LogP contribution in [0.4, 0.5) is 0 Å². The smallest absolute Gasteiger partial charge is 0.325 e. The highest BCUT2D eigenvalue weighted by atomic mass is 32.2. The number of aliphatic hydroxyl groups is 1. The van der Waals surface area contributed by atoms with Crippen LogP contribution < -0.4 is 16.0 Å². The molecule has 1 aromatic rings. The fourth-order valence-electron chi connectivity index (χ4n) is 0.991. The number of rotatable bonds is 5. The lowest BCUT2D eigenvalue weighted by molar-refractivity contribution is 0.238. The Labute approximate surface area is 96.8 Å². The van der Waals surface area contributed by atoms with E-state index < -0.39 is 26.2 Å². The Morgan fingerprint density at radius 2 is 2.12 bits per heavy atom. The van der Waals surface area contributed by atoms with E-state index in [1.165, 1.54) is 0 Å². The summed E-state index contributed by atoms with van der Waals surface area (Å²) in [6.07, 6.45) is 0.827. The zero-order chi connectivity index (χ0) is 13.1. The van der Waals surface area contributed by atoms with Crippen LogP contribution in [-0.2, 0) is 10.0 Å². The first-order valence-corrected chi connectivity index (χ1v) is 6.27. The molecule has 1 aromatic heterocycles. The van der Waals surface area contributed by atoms with Gasteiger partial charge in [-0.1, -0.05) is 6.92 Å². The second-order valence-corrected chi connectivity index (χ2v) is 5.31. The third-order valence-corrected chi connectivity index (χ3v) is 3.44. The highest BCUT2D eigenvalue weighted by Crippen LogP contribution is 1.99. The second-order valence-electron chi connectivity index (χ2n) is 3.58. The Hall–Kier alpha value is -1.45. The largest absolute Gasteiger partial charge is 0.396 e. The minimum atomic E-state index is -3.99. The summed E-state index contributed by atoms with van der Waals surface area (Å²) in [5.41, 5.74) is -1.77.